The molecule has 1 aromatic carbocycles. The second-order valence-corrected chi connectivity index (χ2v) is 3.74. The summed E-state index contributed by atoms with van der Waals surface area (Å²) in [5.74, 6) is 0.731. The van der Waals surface area contributed by atoms with Crippen molar-refractivity contribution < 1.29 is 4.74 Å². The fourth-order valence-corrected chi connectivity index (χ4v) is 1.64. The average Bonchev–Trinajstić information content (AvgIpc) is 2.58. The SMILES string of the molecule is C=c1[nH]c(=Cc2ccccc2OC)c(=O)n1C. The topological polar surface area (TPSA) is 47.0 Å². The molecule has 88 valence electrons. The van der Waals surface area contributed by atoms with E-state index in [0.29, 0.717) is 10.8 Å². The molecule has 0 radical (unpaired) electrons. The molecule has 0 aliphatic carbocycles. The van der Waals surface area contributed by atoms with Gasteiger partial charge in [-0.15, -0.1) is 0 Å². The highest BCUT2D eigenvalue weighted by atomic mass is 16.5. The van der Waals surface area contributed by atoms with Gasteiger partial charge in [0.15, 0.2) is 0 Å². The standard InChI is InChI=1S/C13H14N2O2/c1-9-14-11(13(16)15(9)2)8-10-6-4-5-7-12(10)17-3/h4-8,14H,1H2,2-3H3. The van der Waals surface area contributed by atoms with Crippen LogP contribution in [0.25, 0.3) is 12.7 Å². The number of benzene rings is 1. The van der Waals surface area contributed by atoms with Crippen LogP contribution in [0.2, 0.25) is 0 Å². The molecule has 1 heterocycles. The minimum Gasteiger partial charge on any atom is -0.496 e. The summed E-state index contributed by atoms with van der Waals surface area (Å²) < 4.78 is 6.70. The number of para-hydroxylation sites is 1. The number of aromatic nitrogens is 2. The van der Waals surface area contributed by atoms with Crippen LogP contribution in [0.4, 0.5) is 0 Å². The fourth-order valence-electron chi connectivity index (χ4n) is 1.64. The molecule has 0 aliphatic heterocycles. The predicted molar refractivity (Wildman–Crippen MR) is 67.4 cm³/mol. The monoisotopic (exact) mass is 230 g/mol. The molecule has 0 amide bonds. The van der Waals surface area contributed by atoms with Gasteiger partial charge in [-0.05, 0) is 12.1 Å². The molecule has 0 spiro atoms. The Hall–Kier alpha value is -2.23. The van der Waals surface area contributed by atoms with Crippen molar-refractivity contribution in [2.45, 2.75) is 0 Å². The summed E-state index contributed by atoms with van der Waals surface area (Å²) in [6, 6.07) is 7.52. The molecule has 0 aliphatic rings. The second-order valence-electron chi connectivity index (χ2n) is 3.74. The molecule has 4 heteroatoms. The molecular formula is C13H14N2O2. The lowest BCUT2D eigenvalue weighted by molar-refractivity contribution is 0.414. The van der Waals surface area contributed by atoms with Crippen LogP contribution in [0.3, 0.4) is 0 Å². The summed E-state index contributed by atoms with van der Waals surface area (Å²) in [6.07, 6.45) is 1.76. The van der Waals surface area contributed by atoms with E-state index < -0.39 is 0 Å². The maximum Gasteiger partial charge on any atom is 0.275 e. The van der Waals surface area contributed by atoms with Gasteiger partial charge in [0, 0.05) is 12.6 Å². The Morgan fingerprint density at radius 3 is 2.71 bits per heavy atom. The number of aromatic amines is 1. The maximum absolute atomic E-state index is 11.8. The summed E-state index contributed by atoms with van der Waals surface area (Å²) >= 11 is 0. The van der Waals surface area contributed by atoms with Crippen LogP contribution in [0.1, 0.15) is 5.56 Å². The number of rotatable bonds is 2. The fraction of sp³-hybridized carbons (Fsp3) is 0.154. The minimum absolute atomic E-state index is 0.0964. The molecular weight excluding hydrogens is 216 g/mol. The number of H-pyrrole nitrogens is 1. The van der Waals surface area contributed by atoms with E-state index in [0.717, 1.165) is 11.3 Å². The van der Waals surface area contributed by atoms with Gasteiger partial charge in [0.2, 0.25) is 0 Å². The van der Waals surface area contributed by atoms with E-state index in [2.05, 4.69) is 11.6 Å². The predicted octanol–water partition coefficient (Wildman–Crippen LogP) is -0.0389. The molecule has 2 aromatic rings. The Morgan fingerprint density at radius 2 is 2.12 bits per heavy atom. The molecule has 1 aromatic heterocycles. The van der Waals surface area contributed by atoms with Gasteiger partial charge < -0.3 is 9.72 Å². The Balaban J connectivity index is 2.67. The van der Waals surface area contributed by atoms with Crippen LogP contribution in [0.15, 0.2) is 29.1 Å². The van der Waals surface area contributed by atoms with Crippen LogP contribution in [0, 0.1) is 0 Å². The summed E-state index contributed by atoms with van der Waals surface area (Å²) in [6.45, 7) is 3.74. The van der Waals surface area contributed by atoms with Gasteiger partial charge in [-0.1, -0.05) is 24.8 Å². The number of ether oxygens (including phenoxy) is 1. The Morgan fingerprint density at radius 1 is 1.41 bits per heavy atom. The van der Waals surface area contributed by atoms with E-state index in [1.807, 2.05) is 24.3 Å². The first-order valence-corrected chi connectivity index (χ1v) is 5.22. The molecule has 0 unspecified atom stereocenters. The lowest BCUT2D eigenvalue weighted by Crippen LogP contribution is -2.28. The molecule has 17 heavy (non-hydrogen) atoms. The first-order chi connectivity index (χ1) is 8.13. The molecule has 4 nitrogen and oxygen atoms in total. The van der Waals surface area contributed by atoms with Gasteiger partial charge in [0.1, 0.15) is 16.6 Å². The smallest absolute Gasteiger partial charge is 0.275 e. The van der Waals surface area contributed by atoms with Crippen molar-refractivity contribution in [1.82, 2.24) is 9.55 Å². The number of nitrogens with one attached hydrogen (secondary N) is 1. The van der Waals surface area contributed by atoms with Crippen LogP contribution >= 0.6 is 0 Å². The van der Waals surface area contributed by atoms with Gasteiger partial charge in [0.25, 0.3) is 5.56 Å². The highest BCUT2D eigenvalue weighted by Crippen LogP contribution is 2.17. The zero-order chi connectivity index (χ0) is 12.4. The molecule has 0 saturated heterocycles. The number of imidazole rings is 1. The summed E-state index contributed by atoms with van der Waals surface area (Å²) in [5, 5.41) is 0.502. The van der Waals surface area contributed by atoms with Gasteiger partial charge in [0.05, 0.1) is 7.11 Å². The van der Waals surface area contributed by atoms with E-state index in [1.165, 1.54) is 4.57 Å². The first kappa shape index (κ1) is 11.3. The van der Waals surface area contributed by atoms with E-state index in [1.54, 1.807) is 20.2 Å². The van der Waals surface area contributed by atoms with Crippen molar-refractivity contribution in [3.63, 3.8) is 0 Å². The van der Waals surface area contributed by atoms with Gasteiger partial charge >= 0.3 is 0 Å². The summed E-state index contributed by atoms with van der Waals surface area (Å²) in [4.78, 5) is 14.8. The maximum atomic E-state index is 11.8. The van der Waals surface area contributed by atoms with Gasteiger partial charge in [-0.3, -0.25) is 9.36 Å². The zero-order valence-corrected chi connectivity index (χ0v) is 9.86. The van der Waals surface area contributed by atoms with E-state index >= 15 is 0 Å². The number of hydrogen-bond acceptors (Lipinski definition) is 2. The lowest BCUT2D eigenvalue weighted by atomic mass is 10.2. The molecule has 0 fully saturated rings. The van der Waals surface area contributed by atoms with Crippen molar-refractivity contribution in [2.24, 2.45) is 7.05 Å². The summed E-state index contributed by atoms with van der Waals surface area (Å²) in [5.41, 5.74) is 1.34. The number of hydrogen-bond donors (Lipinski definition) is 1. The zero-order valence-electron chi connectivity index (χ0n) is 9.86. The van der Waals surface area contributed by atoms with Gasteiger partial charge in [-0.25, -0.2) is 0 Å². The summed E-state index contributed by atoms with van der Waals surface area (Å²) in [7, 11) is 3.28. The van der Waals surface area contributed by atoms with Crippen molar-refractivity contribution in [3.8, 4) is 5.75 Å². The van der Waals surface area contributed by atoms with E-state index in [-0.39, 0.29) is 5.56 Å². The van der Waals surface area contributed by atoms with E-state index in [4.69, 9.17) is 4.74 Å². The third-order valence-corrected chi connectivity index (χ3v) is 2.66. The first-order valence-electron chi connectivity index (χ1n) is 5.22. The average molecular weight is 230 g/mol. The highest BCUT2D eigenvalue weighted by molar-refractivity contribution is 5.56. The van der Waals surface area contributed by atoms with Crippen molar-refractivity contribution >= 4 is 12.7 Å². The molecule has 0 atom stereocenters. The second kappa shape index (κ2) is 4.33. The van der Waals surface area contributed by atoms with Crippen molar-refractivity contribution in [1.29, 1.82) is 0 Å². The van der Waals surface area contributed by atoms with Crippen LogP contribution in [-0.4, -0.2) is 16.7 Å². The van der Waals surface area contributed by atoms with Crippen LogP contribution in [0.5, 0.6) is 5.75 Å². The Labute approximate surface area is 98.5 Å². The third-order valence-electron chi connectivity index (χ3n) is 2.66. The molecule has 0 saturated carbocycles. The quantitative estimate of drug-likeness (QED) is 0.787. The van der Waals surface area contributed by atoms with Crippen LogP contribution < -0.4 is 21.1 Å². The largest absolute Gasteiger partial charge is 0.496 e. The van der Waals surface area contributed by atoms with Crippen LogP contribution in [-0.2, 0) is 7.05 Å². The van der Waals surface area contributed by atoms with Crippen molar-refractivity contribution in [2.75, 3.05) is 7.11 Å². The highest BCUT2D eigenvalue weighted by Gasteiger charge is 2.01. The normalized spacial score (nSPS) is 11.8. The number of nitrogens with zero attached hydrogens (tertiary/aromatic N) is 1. The molecule has 2 rings (SSSR count). The van der Waals surface area contributed by atoms with Gasteiger partial charge in [-0.2, -0.15) is 0 Å². The minimum atomic E-state index is -0.0964. The number of methoxy groups -OCH3 is 1. The third kappa shape index (κ3) is 2.01. The molecule has 0 bridgehead atoms. The molecule has 1 N–H and O–H groups in total. The Bertz CT molecular complexity index is 695. The Kier molecular flexibility index (Phi) is 2.87. The lowest BCUT2D eigenvalue weighted by Gasteiger charge is -2.02. The van der Waals surface area contributed by atoms with Crippen molar-refractivity contribution in [3.05, 3.63) is 51.0 Å². The van der Waals surface area contributed by atoms with E-state index in [9.17, 15) is 4.79 Å².